The number of carbonyl (C=O) groups excluding carboxylic acids is 3. The molecule has 0 spiro atoms. The third kappa shape index (κ3) is 10.8. The Hall–Kier alpha value is -5.74. The van der Waals surface area contributed by atoms with Crippen LogP contribution in [-0.4, -0.2) is 169 Å². The van der Waals surface area contributed by atoms with Gasteiger partial charge in [-0.25, -0.2) is 15.4 Å². The van der Waals surface area contributed by atoms with E-state index in [0.717, 1.165) is 83.7 Å². The van der Waals surface area contributed by atoms with Crippen LogP contribution < -0.4 is 15.6 Å². The molecule has 1 aromatic carbocycles. The first-order valence-electron chi connectivity index (χ1n) is 28.5. The molecule has 5 aromatic rings. The monoisotopic (exact) mass is 1070 g/mol. The van der Waals surface area contributed by atoms with Crippen LogP contribution in [-0.2, 0) is 51.0 Å². The predicted octanol–water partition coefficient (Wildman–Crippen LogP) is 6.06. The quantitative estimate of drug-likeness (QED) is 0.129. The number of morpholine rings is 1. The van der Waals surface area contributed by atoms with Crippen molar-refractivity contribution in [1.29, 1.82) is 0 Å². The lowest BCUT2D eigenvalue weighted by molar-refractivity contribution is -0.156. The highest BCUT2D eigenvalue weighted by molar-refractivity contribution is 5.95. The highest BCUT2D eigenvalue weighted by Gasteiger charge is 2.55. The summed E-state index contributed by atoms with van der Waals surface area (Å²) in [7, 11) is 1.73. The number of fused-ring (bicyclic) bond motifs is 6. The first-order chi connectivity index (χ1) is 37.9. The van der Waals surface area contributed by atoms with Gasteiger partial charge in [0.1, 0.15) is 24.6 Å². The van der Waals surface area contributed by atoms with Crippen LogP contribution in [0.4, 0.5) is 5.69 Å². The smallest absolute Gasteiger partial charge is 0.324 e. The third-order valence-corrected chi connectivity index (χ3v) is 17.5. The normalized spacial score (nSPS) is 27.1. The molecule has 0 radical (unpaired) electrons. The van der Waals surface area contributed by atoms with E-state index < -0.39 is 41.3 Å². The molecular formula is C58H76N10O10. The van der Waals surface area contributed by atoms with Gasteiger partial charge in [-0.3, -0.25) is 34.2 Å². The molecule has 418 valence electrons. The number of amides is 2. The summed E-state index contributed by atoms with van der Waals surface area (Å²) < 4.78 is 44.9. The van der Waals surface area contributed by atoms with Crippen LogP contribution in [0.2, 0.25) is 0 Å². The number of hydrogen-bond acceptors (Lipinski definition) is 17. The van der Waals surface area contributed by atoms with Gasteiger partial charge in [-0.1, -0.05) is 20.8 Å². The largest absolute Gasteiger partial charge is 0.464 e. The summed E-state index contributed by atoms with van der Waals surface area (Å²) in [6.45, 7) is 16.8. The van der Waals surface area contributed by atoms with Crippen LogP contribution in [0.5, 0.6) is 0 Å². The van der Waals surface area contributed by atoms with E-state index >= 15 is 4.79 Å². The second kappa shape index (κ2) is 22.4. The Bertz CT molecular complexity index is 2940. The molecule has 7 atom stereocenters. The Morgan fingerprint density at radius 1 is 0.923 bits per heavy atom. The van der Waals surface area contributed by atoms with Crippen LogP contribution in [0.25, 0.3) is 33.6 Å². The summed E-state index contributed by atoms with van der Waals surface area (Å²) in [5.74, 6) is -1.36. The Morgan fingerprint density at radius 2 is 1.72 bits per heavy atom. The zero-order valence-electron chi connectivity index (χ0n) is 45.8. The number of pyridine rings is 1. The first kappa shape index (κ1) is 52.9. The summed E-state index contributed by atoms with van der Waals surface area (Å²) in [6, 6.07) is 6.66. The minimum atomic E-state index is -1.14. The molecule has 12 rings (SSSR count). The molecule has 2 saturated carbocycles. The third-order valence-electron chi connectivity index (χ3n) is 17.5. The SMILES string of the molecule is CO[C@@H](C)c1ncc(N2CCN(C3CC3)CC2)cc1-c1c2c3cc(ccc3n1CCOC1CCOCC1)-c1nc(co1)[C@@H](N1CCOCC1)[C@H](NC(=O)[C@@H]1[C@@H](C)[C@H]1c1cocn1)C(=O)N1CCC[C@H](N1)C(=O)OCC(C)(C)C2. The Morgan fingerprint density at radius 3 is 2.47 bits per heavy atom. The molecule has 5 aliphatic heterocycles. The van der Waals surface area contributed by atoms with E-state index in [1.165, 1.54) is 24.2 Å². The van der Waals surface area contributed by atoms with Crippen molar-refractivity contribution in [2.24, 2.45) is 17.3 Å². The summed E-state index contributed by atoms with van der Waals surface area (Å²) in [5.41, 5.74) is 10.5. The molecule has 7 aliphatic rings. The first-order valence-corrected chi connectivity index (χ1v) is 28.5. The number of carbonyl (C=O) groups is 3. The van der Waals surface area contributed by atoms with Gasteiger partial charge in [0.25, 0.3) is 5.91 Å². The number of oxazole rings is 2. The van der Waals surface area contributed by atoms with E-state index in [4.69, 9.17) is 42.5 Å². The second-order valence-electron chi connectivity index (χ2n) is 23.4. The summed E-state index contributed by atoms with van der Waals surface area (Å²) >= 11 is 0. The number of rotatable bonds is 13. The van der Waals surface area contributed by atoms with Gasteiger partial charge in [0.05, 0.1) is 79.3 Å². The van der Waals surface area contributed by atoms with Crippen molar-refractivity contribution >= 4 is 34.4 Å². The zero-order valence-corrected chi connectivity index (χ0v) is 45.8. The molecule has 20 nitrogen and oxygen atoms in total. The van der Waals surface area contributed by atoms with E-state index in [1.807, 2.05) is 26.1 Å². The number of hydrazine groups is 1. The van der Waals surface area contributed by atoms with Crippen molar-refractivity contribution in [2.75, 3.05) is 97.5 Å². The van der Waals surface area contributed by atoms with Gasteiger partial charge in [-0.2, -0.15) is 0 Å². The summed E-state index contributed by atoms with van der Waals surface area (Å²) in [4.78, 5) is 66.4. The maximum Gasteiger partial charge on any atom is 0.324 e. The van der Waals surface area contributed by atoms with Crippen molar-refractivity contribution in [1.82, 2.24) is 45.1 Å². The Labute approximate surface area is 455 Å². The minimum Gasteiger partial charge on any atom is -0.464 e. The van der Waals surface area contributed by atoms with Gasteiger partial charge in [-0.05, 0) is 87.6 Å². The highest BCUT2D eigenvalue weighted by atomic mass is 16.5. The number of nitrogens with zero attached hydrogens (tertiary/aromatic N) is 8. The summed E-state index contributed by atoms with van der Waals surface area (Å²) in [6.07, 6.45) is 12.1. The number of ether oxygens (including phenoxy) is 5. The van der Waals surface area contributed by atoms with Gasteiger partial charge in [-0.15, -0.1) is 0 Å². The second-order valence-corrected chi connectivity index (χ2v) is 23.4. The van der Waals surface area contributed by atoms with Crippen LogP contribution in [0, 0.1) is 17.3 Å². The molecule has 9 heterocycles. The van der Waals surface area contributed by atoms with Crippen LogP contribution in [0.15, 0.2) is 58.2 Å². The number of anilines is 1. The fourth-order valence-electron chi connectivity index (χ4n) is 12.9. The summed E-state index contributed by atoms with van der Waals surface area (Å²) in [5, 5.41) is 5.71. The highest BCUT2D eigenvalue weighted by Crippen LogP contribution is 2.53. The molecule has 6 fully saturated rings. The molecule has 2 aliphatic carbocycles. The fraction of sp³-hybridized carbons (Fsp3) is 0.621. The maximum atomic E-state index is 15.3. The molecule has 20 heteroatoms. The molecule has 6 bridgehead atoms. The lowest BCUT2D eigenvalue weighted by Gasteiger charge is -2.41. The lowest BCUT2D eigenvalue weighted by atomic mass is 9.84. The molecule has 4 aromatic heterocycles. The van der Waals surface area contributed by atoms with E-state index in [1.54, 1.807) is 19.6 Å². The van der Waals surface area contributed by atoms with Crippen molar-refractivity contribution in [3.63, 3.8) is 0 Å². The van der Waals surface area contributed by atoms with Crippen molar-refractivity contribution in [3.8, 4) is 22.7 Å². The number of esters is 1. The Kier molecular flexibility index (Phi) is 15.2. The number of cyclic esters (lactones) is 1. The maximum absolute atomic E-state index is 15.3. The van der Waals surface area contributed by atoms with Gasteiger partial charge in [0.2, 0.25) is 11.8 Å². The van der Waals surface area contributed by atoms with E-state index in [9.17, 15) is 9.59 Å². The van der Waals surface area contributed by atoms with E-state index in [0.29, 0.717) is 102 Å². The van der Waals surface area contributed by atoms with Crippen molar-refractivity contribution < 1.29 is 46.9 Å². The lowest BCUT2D eigenvalue weighted by Crippen LogP contribution is -2.63. The van der Waals surface area contributed by atoms with Crippen LogP contribution >= 0.6 is 0 Å². The van der Waals surface area contributed by atoms with Crippen molar-refractivity contribution in [2.45, 2.75) is 121 Å². The minimum absolute atomic E-state index is 0.0287. The number of aromatic nitrogens is 4. The van der Waals surface area contributed by atoms with Gasteiger partial charge < -0.3 is 47.3 Å². The molecule has 0 unspecified atom stereocenters. The number of methoxy groups -OCH3 is 1. The molecule has 2 amide bonds. The molecular weight excluding hydrogens is 997 g/mol. The molecule has 78 heavy (non-hydrogen) atoms. The predicted molar refractivity (Wildman–Crippen MR) is 288 cm³/mol. The average molecular weight is 1070 g/mol. The van der Waals surface area contributed by atoms with E-state index in [2.05, 4.69) is 67.0 Å². The number of piperazine rings is 1. The average Bonchev–Trinajstić information content (AvgIpc) is 4.41. The van der Waals surface area contributed by atoms with Crippen LogP contribution in [0.1, 0.15) is 107 Å². The van der Waals surface area contributed by atoms with Crippen molar-refractivity contribution in [3.05, 3.63) is 72.0 Å². The van der Waals surface area contributed by atoms with Crippen LogP contribution in [0.3, 0.4) is 0 Å². The standard InChI is InChI=1S/C58H76N10O10/c1-35-48(45-31-75-34-60-45)49(35)54(69)62-51-53(66-19-24-74-25-20-66)46-32-77-55(61-46)37-8-11-47-41(27-37)43(29-58(3,4)33-78-57(71)44-7-6-14-68(63-44)56(51)70)52(67(47)21-26-76-40-12-22-73-23-13-40)42-28-39(30-59-50(42)36(2)72-5)65-17-15-64(16-18-65)38-9-10-38/h8,11,27-28,30-32,34-36,38,40,44,48-49,51,53,63H,6-7,9-10,12-26,29,33H2,1-5H3,(H,62,69)/t35-,36-,44-,48-,49+,51-,53+/m0/s1. The topological polar surface area (TPSA) is 204 Å². The van der Waals surface area contributed by atoms with Gasteiger partial charge in [0.15, 0.2) is 6.39 Å². The van der Waals surface area contributed by atoms with Gasteiger partial charge >= 0.3 is 5.97 Å². The molecule has 4 saturated heterocycles. The van der Waals surface area contributed by atoms with E-state index in [-0.39, 0.29) is 36.6 Å². The zero-order chi connectivity index (χ0) is 53.7. The number of hydrogen-bond donors (Lipinski definition) is 2. The Balaban J connectivity index is 0.994. The van der Waals surface area contributed by atoms with Gasteiger partial charge in [0, 0.05) is 118 Å². The molecule has 2 N–H and O–H groups in total. The number of nitrogens with one attached hydrogen (secondary N) is 2. The fourth-order valence-corrected chi connectivity index (χ4v) is 12.9. The number of benzene rings is 1.